The van der Waals surface area contributed by atoms with E-state index in [2.05, 4.69) is 22.5 Å². The normalized spacial score (nSPS) is 22.2. The lowest BCUT2D eigenvalue weighted by Crippen LogP contribution is -2.39. The lowest BCUT2D eigenvalue weighted by molar-refractivity contribution is 0.0933. The first kappa shape index (κ1) is 14.2. The molecule has 0 aromatic carbocycles. The summed E-state index contributed by atoms with van der Waals surface area (Å²) >= 11 is 1.95. The SMILES string of the molecule is CCSC1CCCC1NC(=O)c1ccc(NC)cn1. The van der Waals surface area contributed by atoms with E-state index in [1.54, 1.807) is 12.3 Å². The largest absolute Gasteiger partial charge is 0.387 e. The van der Waals surface area contributed by atoms with Gasteiger partial charge in [0.25, 0.3) is 5.91 Å². The van der Waals surface area contributed by atoms with Gasteiger partial charge in [0.1, 0.15) is 5.69 Å². The Morgan fingerprint density at radius 2 is 2.32 bits per heavy atom. The molecule has 1 aromatic rings. The average Bonchev–Trinajstić information content (AvgIpc) is 2.86. The molecule has 4 nitrogen and oxygen atoms in total. The molecule has 5 heteroatoms. The van der Waals surface area contributed by atoms with Crippen molar-refractivity contribution in [3.63, 3.8) is 0 Å². The fourth-order valence-electron chi connectivity index (χ4n) is 2.42. The summed E-state index contributed by atoms with van der Waals surface area (Å²) in [5.74, 6) is 1.04. The number of nitrogens with zero attached hydrogens (tertiary/aromatic N) is 1. The van der Waals surface area contributed by atoms with E-state index in [1.165, 1.54) is 12.8 Å². The number of aromatic nitrogens is 1. The molecule has 1 amide bonds. The van der Waals surface area contributed by atoms with E-state index >= 15 is 0 Å². The number of carbonyl (C=O) groups excluding carboxylic acids is 1. The topological polar surface area (TPSA) is 54.0 Å². The highest BCUT2D eigenvalue weighted by atomic mass is 32.2. The molecular formula is C14H21N3OS. The molecule has 0 radical (unpaired) electrons. The van der Waals surface area contributed by atoms with Crippen molar-refractivity contribution in [1.29, 1.82) is 0 Å². The molecule has 2 rings (SSSR count). The Hall–Kier alpha value is -1.23. The zero-order chi connectivity index (χ0) is 13.7. The highest BCUT2D eigenvalue weighted by Gasteiger charge is 2.28. The lowest BCUT2D eigenvalue weighted by Gasteiger charge is -2.19. The minimum atomic E-state index is -0.0590. The highest BCUT2D eigenvalue weighted by Crippen LogP contribution is 2.29. The Bertz CT molecular complexity index is 421. The van der Waals surface area contributed by atoms with Crippen molar-refractivity contribution >= 4 is 23.4 Å². The molecule has 1 fully saturated rings. The van der Waals surface area contributed by atoms with E-state index in [4.69, 9.17) is 0 Å². The van der Waals surface area contributed by atoms with Crippen LogP contribution in [0.4, 0.5) is 5.69 Å². The second kappa shape index (κ2) is 6.80. The molecule has 1 saturated carbocycles. The van der Waals surface area contributed by atoms with Crippen molar-refractivity contribution in [2.75, 3.05) is 18.1 Å². The zero-order valence-corrected chi connectivity index (χ0v) is 12.3. The molecular weight excluding hydrogens is 258 g/mol. The second-order valence-corrected chi connectivity index (χ2v) is 6.20. The number of carbonyl (C=O) groups is 1. The number of pyridine rings is 1. The summed E-state index contributed by atoms with van der Waals surface area (Å²) in [6, 6.07) is 3.93. The van der Waals surface area contributed by atoms with Crippen LogP contribution in [0.1, 0.15) is 36.7 Å². The smallest absolute Gasteiger partial charge is 0.270 e. The van der Waals surface area contributed by atoms with E-state index in [1.807, 2.05) is 24.9 Å². The molecule has 1 aromatic heterocycles. The maximum Gasteiger partial charge on any atom is 0.270 e. The highest BCUT2D eigenvalue weighted by molar-refractivity contribution is 7.99. The van der Waals surface area contributed by atoms with Crippen LogP contribution in [0, 0.1) is 0 Å². The van der Waals surface area contributed by atoms with Gasteiger partial charge >= 0.3 is 0 Å². The predicted molar refractivity (Wildman–Crippen MR) is 80.8 cm³/mol. The predicted octanol–water partition coefficient (Wildman–Crippen LogP) is 2.53. The first-order chi connectivity index (χ1) is 9.24. The molecule has 0 spiro atoms. The summed E-state index contributed by atoms with van der Waals surface area (Å²) in [7, 11) is 1.84. The van der Waals surface area contributed by atoms with Gasteiger partial charge in [-0.3, -0.25) is 4.79 Å². The standard InChI is InChI=1S/C14H21N3OS/c1-3-19-13-6-4-5-11(13)17-14(18)12-8-7-10(15-2)9-16-12/h7-9,11,13,15H,3-6H2,1-2H3,(H,17,18). The summed E-state index contributed by atoms with van der Waals surface area (Å²) in [6.07, 6.45) is 5.17. The third-order valence-corrected chi connectivity index (χ3v) is 4.76. The van der Waals surface area contributed by atoms with E-state index in [0.29, 0.717) is 17.0 Å². The molecule has 19 heavy (non-hydrogen) atoms. The van der Waals surface area contributed by atoms with Gasteiger partial charge in [0, 0.05) is 18.3 Å². The first-order valence-corrected chi connectivity index (χ1v) is 7.85. The Balaban J connectivity index is 1.95. The molecule has 0 saturated heterocycles. The van der Waals surface area contributed by atoms with Crippen molar-refractivity contribution in [3.05, 3.63) is 24.0 Å². The van der Waals surface area contributed by atoms with E-state index in [0.717, 1.165) is 17.9 Å². The molecule has 1 heterocycles. The number of rotatable bonds is 5. The molecule has 2 N–H and O–H groups in total. The quantitative estimate of drug-likeness (QED) is 0.869. The molecule has 2 atom stereocenters. The fraction of sp³-hybridized carbons (Fsp3) is 0.571. The van der Waals surface area contributed by atoms with Gasteiger partial charge < -0.3 is 10.6 Å². The van der Waals surface area contributed by atoms with Gasteiger partial charge in [0.05, 0.1) is 11.9 Å². The number of anilines is 1. The Labute approximate surface area is 118 Å². The van der Waals surface area contributed by atoms with E-state index in [-0.39, 0.29) is 5.91 Å². The van der Waals surface area contributed by atoms with Crippen LogP contribution in [0.3, 0.4) is 0 Å². The van der Waals surface area contributed by atoms with Crippen LogP contribution in [0.15, 0.2) is 18.3 Å². The summed E-state index contributed by atoms with van der Waals surface area (Å²) in [5, 5.41) is 6.68. The van der Waals surface area contributed by atoms with Crippen molar-refractivity contribution < 1.29 is 4.79 Å². The van der Waals surface area contributed by atoms with E-state index < -0.39 is 0 Å². The molecule has 0 aliphatic heterocycles. The maximum absolute atomic E-state index is 12.1. The van der Waals surface area contributed by atoms with Gasteiger partial charge in [0.15, 0.2) is 0 Å². The summed E-state index contributed by atoms with van der Waals surface area (Å²) in [6.45, 7) is 2.17. The average molecular weight is 279 g/mol. The minimum Gasteiger partial charge on any atom is -0.387 e. The van der Waals surface area contributed by atoms with Crippen molar-refractivity contribution in [1.82, 2.24) is 10.3 Å². The molecule has 1 aliphatic rings. The lowest BCUT2D eigenvalue weighted by atomic mass is 10.2. The van der Waals surface area contributed by atoms with Crippen LogP contribution in [-0.2, 0) is 0 Å². The number of nitrogens with one attached hydrogen (secondary N) is 2. The first-order valence-electron chi connectivity index (χ1n) is 6.81. The Morgan fingerprint density at radius 1 is 1.47 bits per heavy atom. The van der Waals surface area contributed by atoms with E-state index in [9.17, 15) is 4.79 Å². The minimum absolute atomic E-state index is 0.0590. The Morgan fingerprint density at radius 3 is 2.95 bits per heavy atom. The summed E-state index contributed by atoms with van der Waals surface area (Å²) in [5.41, 5.74) is 1.41. The van der Waals surface area contributed by atoms with Gasteiger partial charge in [0.2, 0.25) is 0 Å². The van der Waals surface area contributed by atoms with Crippen molar-refractivity contribution in [3.8, 4) is 0 Å². The fourth-order valence-corrected chi connectivity index (χ4v) is 3.62. The van der Waals surface area contributed by atoms with Crippen molar-refractivity contribution in [2.45, 2.75) is 37.5 Å². The zero-order valence-electron chi connectivity index (χ0n) is 11.5. The van der Waals surface area contributed by atoms with Gasteiger partial charge in [-0.05, 0) is 30.7 Å². The van der Waals surface area contributed by atoms with Crippen LogP contribution in [0.25, 0.3) is 0 Å². The van der Waals surface area contributed by atoms with Gasteiger partial charge in [-0.1, -0.05) is 13.3 Å². The number of amides is 1. The van der Waals surface area contributed by atoms with Gasteiger partial charge in [-0.25, -0.2) is 4.98 Å². The molecule has 104 valence electrons. The van der Waals surface area contributed by atoms with Crippen LogP contribution in [-0.4, -0.2) is 35.0 Å². The van der Waals surface area contributed by atoms with Crippen LogP contribution < -0.4 is 10.6 Å². The summed E-state index contributed by atoms with van der Waals surface area (Å²) < 4.78 is 0. The van der Waals surface area contributed by atoms with Crippen LogP contribution in [0.5, 0.6) is 0 Å². The molecule has 0 bridgehead atoms. The maximum atomic E-state index is 12.1. The number of hydrogen-bond donors (Lipinski definition) is 2. The van der Waals surface area contributed by atoms with Gasteiger partial charge in [-0.2, -0.15) is 11.8 Å². The number of hydrogen-bond acceptors (Lipinski definition) is 4. The van der Waals surface area contributed by atoms with Crippen LogP contribution in [0.2, 0.25) is 0 Å². The van der Waals surface area contributed by atoms with Crippen molar-refractivity contribution in [2.24, 2.45) is 0 Å². The molecule has 1 aliphatic carbocycles. The second-order valence-electron chi connectivity index (χ2n) is 4.69. The third-order valence-electron chi connectivity index (χ3n) is 3.43. The summed E-state index contributed by atoms with van der Waals surface area (Å²) in [4.78, 5) is 16.3. The monoisotopic (exact) mass is 279 g/mol. The third kappa shape index (κ3) is 3.62. The number of thioether (sulfide) groups is 1. The Kier molecular flexibility index (Phi) is 5.07. The van der Waals surface area contributed by atoms with Gasteiger partial charge in [-0.15, -0.1) is 0 Å². The molecule has 2 unspecified atom stereocenters. The van der Waals surface area contributed by atoms with Crippen LogP contribution >= 0.6 is 11.8 Å².